The molecule has 2 heterocycles. The van der Waals surface area contributed by atoms with Gasteiger partial charge in [0.25, 0.3) is 0 Å². The van der Waals surface area contributed by atoms with Crippen molar-refractivity contribution in [2.45, 2.75) is 0 Å². The first kappa shape index (κ1) is 10.9. The first-order valence-corrected chi connectivity index (χ1v) is 5.68. The molecule has 0 fully saturated rings. The number of nitrogens with zero attached hydrogens (tertiary/aromatic N) is 2. The minimum absolute atomic E-state index is 0.163. The first-order chi connectivity index (χ1) is 8.66. The highest BCUT2D eigenvalue weighted by Crippen LogP contribution is 2.34. The third-order valence-electron chi connectivity index (χ3n) is 2.80. The van der Waals surface area contributed by atoms with Crippen LogP contribution in [0.5, 0.6) is 0 Å². The van der Waals surface area contributed by atoms with E-state index in [1.807, 2.05) is 24.4 Å². The van der Waals surface area contributed by atoms with Crippen molar-refractivity contribution >= 4 is 34.3 Å². The normalized spacial score (nSPS) is 10.9. The number of nitrogens with one attached hydrogen (secondary N) is 1. The molecule has 0 saturated heterocycles. The Morgan fingerprint density at radius 1 is 1.11 bits per heavy atom. The van der Waals surface area contributed by atoms with Gasteiger partial charge in [0.15, 0.2) is 0 Å². The number of halogens is 1. The second-order valence-corrected chi connectivity index (χ2v) is 4.30. The van der Waals surface area contributed by atoms with Gasteiger partial charge in [-0.25, -0.2) is 4.98 Å². The Hall–Kier alpha value is -2.27. The Labute approximate surface area is 108 Å². The molecule has 0 amide bonds. The number of anilines is 2. The summed E-state index contributed by atoms with van der Waals surface area (Å²) in [6, 6.07) is 5.64. The number of nitrogens with two attached hydrogens (primary N) is 2. The average Bonchev–Trinajstić information content (AvgIpc) is 2.81. The number of rotatable bonds is 1. The lowest BCUT2D eigenvalue weighted by molar-refractivity contribution is 1.20. The smallest absolute Gasteiger partial charge is 0.221 e. The molecule has 0 spiro atoms. The Kier molecular flexibility index (Phi) is 2.34. The summed E-state index contributed by atoms with van der Waals surface area (Å²) in [4.78, 5) is 11.0. The monoisotopic (exact) mass is 259 g/mol. The zero-order chi connectivity index (χ0) is 12.7. The predicted molar refractivity (Wildman–Crippen MR) is 73.2 cm³/mol. The van der Waals surface area contributed by atoms with Crippen LogP contribution in [0.15, 0.2) is 30.6 Å². The molecule has 5 nitrogen and oxygen atoms in total. The highest BCUT2D eigenvalue weighted by atomic mass is 35.5. The van der Waals surface area contributed by atoms with E-state index in [1.54, 1.807) is 6.20 Å². The first-order valence-electron chi connectivity index (χ1n) is 5.31. The Morgan fingerprint density at radius 3 is 2.72 bits per heavy atom. The molecule has 1 aromatic carbocycles. The number of H-pyrrole nitrogens is 1. The maximum absolute atomic E-state index is 6.11. The second kappa shape index (κ2) is 3.89. The summed E-state index contributed by atoms with van der Waals surface area (Å²) in [7, 11) is 0. The molecule has 3 aromatic rings. The van der Waals surface area contributed by atoms with Gasteiger partial charge in [0.2, 0.25) is 5.95 Å². The third-order valence-corrected chi connectivity index (χ3v) is 3.11. The van der Waals surface area contributed by atoms with Gasteiger partial charge in [-0.2, -0.15) is 4.98 Å². The lowest BCUT2D eigenvalue weighted by atomic mass is 10.0. The summed E-state index contributed by atoms with van der Waals surface area (Å²) in [5.74, 6) is 0.517. The van der Waals surface area contributed by atoms with Crippen LogP contribution in [-0.2, 0) is 0 Å². The molecule has 90 valence electrons. The summed E-state index contributed by atoms with van der Waals surface area (Å²) >= 11 is 6.11. The highest BCUT2D eigenvalue weighted by molar-refractivity contribution is 6.35. The standard InChI is InChI=1S/C12H10ClN5/c13-9-2-1-6(7-3-4-16-10(7)9)8-5-17-12(15)18-11(8)14/h1-5,16H,(H4,14,15,17,18). The Balaban J connectivity index is 2.32. The number of benzene rings is 1. The minimum Gasteiger partial charge on any atom is -0.383 e. The van der Waals surface area contributed by atoms with Crippen LogP contribution in [-0.4, -0.2) is 15.0 Å². The van der Waals surface area contributed by atoms with Crippen molar-refractivity contribution in [2.24, 2.45) is 0 Å². The molecule has 0 aliphatic carbocycles. The van der Waals surface area contributed by atoms with Gasteiger partial charge < -0.3 is 16.5 Å². The maximum atomic E-state index is 6.11. The van der Waals surface area contributed by atoms with E-state index in [4.69, 9.17) is 23.1 Å². The van der Waals surface area contributed by atoms with Crippen LogP contribution < -0.4 is 11.5 Å². The molecule has 18 heavy (non-hydrogen) atoms. The second-order valence-electron chi connectivity index (χ2n) is 3.89. The molecule has 2 aromatic heterocycles. The van der Waals surface area contributed by atoms with E-state index in [-0.39, 0.29) is 5.95 Å². The number of nitrogen functional groups attached to an aromatic ring is 2. The fraction of sp³-hybridized carbons (Fsp3) is 0. The van der Waals surface area contributed by atoms with Gasteiger partial charge in [0.1, 0.15) is 5.82 Å². The SMILES string of the molecule is Nc1ncc(-c2ccc(Cl)c3[nH]ccc23)c(N)n1. The van der Waals surface area contributed by atoms with Gasteiger partial charge in [-0.3, -0.25) is 0 Å². The molecule has 0 unspecified atom stereocenters. The minimum atomic E-state index is 0.163. The Morgan fingerprint density at radius 2 is 1.94 bits per heavy atom. The molecule has 0 atom stereocenters. The summed E-state index contributed by atoms with van der Waals surface area (Å²) in [6.45, 7) is 0. The zero-order valence-electron chi connectivity index (χ0n) is 9.31. The van der Waals surface area contributed by atoms with Crippen LogP contribution in [0, 0.1) is 0 Å². The molecule has 3 rings (SSSR count). The maximum Gasteiger partial charge on any atom is 0.221 e. The van der Waals surface area contributed by atoms with E-state index >= 15 is 0 Å². The number of hydrogen-bond donors (Lipinski definition) is 3. The van der Waals surface area contributed by atoms with E-state index in [2.05, 4.69) is 15.0 Å². The molecule has 0 aliphatic heterocycles. The van der Waals surface area contributed by atoms with Gasteiger partial charge in [-0.1, -0.05) is 17.7 Å². The average molecular weight is 260 g/mol. The number of aromatic amines is 1. The summed E-state index contributed by atoms with van der Waals surface area (Å²) < 4.78 is 0. The predicted octanol–water partition coefficient (Wildman–Crippen LogP) is 2.44. The fourth-order valence-corrected chi connectivity index (χ4v) is 2.19. The third kappa shape index (κ3) is 1.56. The van der Waals surface area contributed by atoms with Crippen molar-refractivity contribution in [1.29, 1.82) is 0 Å². The van der Waals surface area contributed by atoms with Gasteiger partial charge in [-0.05, 0) is 17.7 Å². The van der Waals surface area contributed by atoms with Crippen molar-refractivity contribution in [1.82, 2.24) is 15.0 Å². The summed E-state index contributed by atoms with van der Waals surface area (Å²) in [5, 5.41) is 1.64. The van der Waals surface area contributed by atoms with E-state index in [0.717, 1.165) is 22.0 Å². The van der Waals surface area contributed by atoms with Crippen molar-refractivity contribution in [3.8, 4) is 11.1 Å². The summed E-state index contributed by atoms with van der Waals surface area (Å²) in [5.41, 5.74) is 13.9. The molecule has 5 N–H and O–H groups in total. The molecular formula is C12H10ClN5. The van der Waals surface area contributed by atoms with Gasteiger partial charge in [0.05, 0.1) is 10.5 Å². The van der Waals surface area contributed by atoms with E-state index in [1.165, 1.54) is 0 Å². The summed E-state index contributed by atoms with van der Waals surface area (Å²) in [6.07, 6.45) is 3.45. The molecule has 0 bridgehead atoms. The molecule has 6 heteroatoms. The van der Waals surface area contributed by atoms with Gasteiger partial charge >= 0.3 is 0 Å². The van der Waals surface area contributed by atoms with Crippen LogP contribution >= 0.6 is 11.6 Å². The fourth-order valence-electron chi connectivity index (χ4n) is 1.97. The van der Waals surface area contributed by atoms with Crippen molar-refractivity contribution in [3.05, 3.63) is 35.6 Å². The van der Waals surface area contributed by atoms with Crippen LogP contribution in [0.1, 0.15) is 0 Å². The largest absolute Gasteiger partial charge is 0.383 e. The van der Waals surface area contributed by atoms with Crippen molar-refractivity contribution in [3.63, 3.8) is 0 Å². The Bertz CT molecular complexity index is 734. The van der Waals surface area contributed by atoms with Gasteiger partial charge in [-0.15, -0.1) is 0 Å². The quantitative estimate of drug-likeness (QED) is 0.626. The van der Waals surface area contributed by atoms with Crippen LogP contribution in [0.25, 0.3) is 22.0 Å². The molecular weight excluding hydrogens is 250 g/mol. The van der Waals surface area contributed by atoms with Crippen LogP contribution in [0.2, 0.25) is 5.02 Å². The van der Waals surface area contributed by atoms with E-state index < -0.39 is 0 Å². The van der Waals surface area contributed by atoms with Crippen LogP contribution in [0.4, 0.5) is 11.8 Å². The number of aromatic nitrogens is 3. The number of fused-ring (bicyclic) bond motifs is 1. The zero-order valence-corrected chi connectivity index (χ0v) is 10.1. The lowest BCUT2D eigenvalue weighted by Gasteiger charge is -2.07. The van der Waals surface area contributed by atoms with E-state index in [9.17, 15) is 0 Å². The van der Waals surface area contributed by atoms with Gasteiger partial charge in [0, 0.05) is 23.3 Å². The number of hydrogen-bond acceptors (Lipinski definition) is 4. The molecule has 0 radical (unpaired) electrons. The molecule has 0 aliphatic rings. The van der Waals surface area contributed by atoms with Crippen molar-refractivity contribution < 1.29 is 0 Å². The highest BCUT2D eigenvalue weighted by Gasteiger charge is 2.11. The van der Waals surface area contributed by atoms with Crippen molar-refractivity contribution in [2.75, 3.05) is 11.5 Å². The lowest BCUT2D eigenvalue weighted by Crippen LogP contribution is -2.01. The topological polar surface area (TPSA) is 93.6 Å². The van der Waals surface area contributed by atoms with Crippen LogP contribution in [0.3, 0.4) is 0 Å². The molecule has 0 saturated carbocycles. The van der Waals surface area contributed by atoms with E-state index in [0.29, 0.717) is 10.8 Å².